The highest BCUT2D eigenvalue weighted by Crippen LogP contribution is 2.33. The van der Waals surface area contributed by atoms with Crippen molar-refractivity contribution in [2.45, 2.75) is 52.0 Å². The van der Waals surface area contributed by atoms with Crippen LogP contribution in [-0.2, 0) is 6.42 Å². The molecule has 1 aliphatic rings. The first kappa shape index (κ1) is 11.7. The Balaban J connectivity index is 1.86. The summed E-state index contributed by atoms with van der Waals surface area (Å²) in [5.74, 6) is 1.00. The quantitative estimate of drug-likeness (QED) is 0.804. The maximum atomic E-state index is 6.18. The molecule has 1 saturated carbocycles. The minimum absolute atomic E-state index is 0.349. The van der Waals surface area contributed by atoms with E-state index in [1.165, 1.54) is 42.4 Å². The Hall–Kier alpha value is -0.820. The van der Waals surface area contributed by atoms with Crippen molar-refractivity contribution in [1.82, 2.24) is 0 Å². The zero-order valence-electron chi connectivity index (χ0n) is 10.5. The average molecular weight is 217 g/mol. The van der Waals surface area contributed by atoms with E-state index >= 15 is 0 Å². The molecule has 0 aromatic heterocycles. The van der Waals surface area contributed by atoms with Crippen LogP contribution in [0, 0.1) is 19.8 Å². The van der Waals surface area contributed by atoms with Gasteiger partial charge in [-0.2, -0.15) is 0 Å². The highest BCUT2D eigenvalue weighted by Gasteiger charge is 2.21. The van der Waals surface area contributed by atoms with Crippen molar-refractivity contribution in [3.63, 3.8) is 0 Å². The molecule has 0 heterocycles. The second kappa shape index (κ2) is 5.01. The van der Waals surface area contributed by atoms with Gasteiger partial charge in [0.2, 0.25) is 0 Å². The van der Waals surface area contributed by atoms with E-state index in [2.05, 4.69) is 32.0 Å². The Kier molecular flexibility index (Phi) is 3.65. The van der Waals surface area contributed by atoms with E-state index in [-0.39, 0.29) is 0 Å². The van der Waals surface area contributed by atoms with Crippen molar-refractivity contribution < 1.29 is 0 Å². The van der Waals surface area contributed by atoms with Crippen molar-refractivity contribution in [2.75, 3.05) is 0 Å². The number of hydrogen-bond donors (Lipinski definition) is 1. The molecule has 1 aromatic carbocycles. The summed E-state index contributed by atoms with van der Waals surface area (Å²) in [6.45, 7) is 4.32. The topological polar surface area (TPSA) is 26.0 Å². The molecule has 2 N–H and O–H groups in total. The monoisotopic (exact) mass is 217 g/mol. The largest absolute Gasteiger partial charge is 0.327 e. The molecule has 1 heteroatoms. The molecule has 0 amide bonds. The maximum Gasteiger partial charge on any atom is 0.00794 e. The zero-order chi connectivity index (χ0) is 11.5. The lowest BCUT2D eigenvalue weighted by Gasteiger charge is -2.12. The standard InChI is InChI=1S/C15H23N/c1-11-7-12(2)9-14(8-11)10-15(16)6-5-13-3-4-13/h7-9,13,15H,3-6,10,16H2,1-2H3. The molecule has 2 rings (SSSR count). The zero-order valence-corrected chi connectivity index (χ0v) is 10.5. The van der Waals surface area contributed by atoms with Crippen LogP contribution in [0.5, 0.6) is 0 Å². The highest BCUT2D eigenvalue weighted by molar-refractivity contribution is 5.29. The van der Waals surface area contributed by atoms with Crippen molar-refractivity contribution >= 4 is 0 Å². The van der Waals surface area contributed by atoms with Gasteiger partial charge in [-0.1, -0.05) is 42.2 Å². The van der Waals surface area contributed by atoms with Crippen LogP contribution < -0.4 is 5.73 Å². The lowest BCUT2D eigenvalue weighted by atomic mass is 9.98. The van der Waals surface area contributed by atoms with E-state index in [0.717, 1.165) is 12.3 Å². The third-order valence-electron chi connectivity index (χ3n) is 3.42. The minimum atomic E-state index is 0.349. The molecule has 0 bridgehead atoms. The van der Waals surface area contributed by atoms with Gasteiger partial charge in [0.1, 0.15) is 0 Å². The van der Waals surface area contributed by atoms with Gasteiger partial charge in [-0.25, -0.2) is 0 Å². The van der Waals surface area contributed by atoms with E-state index in [0.29, 0.717) is 6.04 Å². The number of benzene rings is 1. The molecule has 0 spiro atoms. The summed E-state index contributed by atoms with van der Waals surface area (Å²) in [7, 11) is 0. The first-order valence-electron chi connectivity index (χ1n) is 6.46. The fourth-order valence-corrected chi connectivity index (χ4v) is 2.45. The molecule has 1 aromatic rings. The van der Waals surface area contributed by atoms with Gasteiger partial charge in [-0.15, -0.1) is 0 Å². The van der Waals surface area contributed by atoms with Crippen LogP contribution in [-0.4, -0.2) is 6.04 Å². The van der Waals surface area contributed by atoms with E-state index < -0.39 is 0 Å². The van der Waals surface area contributed by atoms with Crippen molar-refractivity contribution in [2.24, 2.45) is 11.7 Å². The number of nitrogens with two attached hydrogens (primary N) is 1. The second-order valence-corrected chi connectivity index (χ2v) is 5.48. The predicted molar refractivity (Wildman–Crippen MR) is 69.6 cm³/mol. The third kappa shape index (κ3) is 3.64. The molecule has 0 radical (unpaired) electrons. The van der Waals surface area contributed by atoms with E-state index in [1.54, 1.807) is 0 Å². The Morgan fingerprint density at radius 3 is 2.38 bits per heavy atom. The molecule has 1 fully saturated rings. The average Bonchev–Trinajstić information content (AvgIpc) is 2.96. The van der Waals surface area contributed by atoms with Crippen molar-refractivity contribution in [3.8, 4) is 0 Å². The normalized spacial score (nSPS) is 17.4. The summed E-state index contributed by atoms with van der Waals surface area (Å²) >= 11 is 0. The van der Waals surface area contributed by atoms with Crippen molar-refractivity contribution in [1.29, 1.82) is 0 Å². The molecule has 1 atom stereocenters. The highest BCUT2D eigenvalue weighted by atomic mass is 14.6. The van der Waals surface area contributed by atoms with Crippen molar-refractivity contribution in [3.05, 3.63) is 34.9 Å². The summed E-state index contributed by atoms with van der Waals surface area (Å²) in [4.78, 5) is 0. The Morgan fingerprint density at radius 1 is 1.19 bits per heavy atom. The lowest BCUT2D eigenvalue weighted by Crippen LogP contribution is -2.22. The van der Waals surface area contributed by atoms with Gasteiger partial charge in [-0.3, -0.25) is 0 Å². The van der Waals surface area contributed by atoms with Crippen LogP contribution in [0.2, 0.25) is 0 Å². The summed E-state index contributed by atoms with van der Waals surface area (Å²) in [6, 6.07) is 7.11. The van der Waals surface area contributed by atoms with E-state index in [9.17, 15) is 0 Å². The van der Waals surface area contributed by atoms with Gasteiger partial charge in [0.15, 0.2) is 0 Å². The SMILES string of the molecule is Cc1cc(C)cc(CC(N)CCC2CC2)c1. The number of rotatable bonds is 5. The van der Waals surface area contributed by atoms with Gasteiger partial charge in [0.25, 0.3) is 0 Å². The van der Waals surface area contributed by atoms with Gasteiger partial charge >= 0.3 is 0 Å². The molecule has 1 nitrogen and oxygen atoms in total. The second-order valence-electron chi connectivity index (χ2n) is 5.48. The Labute approximate surface area is 99.0 Å². The minimum Gasteiger partial charge on any atom is -0.327 e. The van der Waals surface area contributed by atoms with Crippen LogP contribution in [0.4, 0.5) is 0 Å². The summed E-state index contributed by atoms with van der Waals surface area (Å²) in [5, 5.41) is 0. The smallest absolute Gasteiger partial charge is 0.00794 e. The van der Waals surface area contributed by atoms with E-state index in [1.807, 2.05) is 0 Å². The maximum absolute atomic E-state index is 6.18. The Bertz CT molecular complexity index is 332. The molecule has 16 heavy (non-hydrogen) atoms. The molecule has 88 valence electrons. The van der Waals surface area contributed by atoms with Gasteiger partial charge in [-0.05, 0) is 44.6 Å². The summed E-state index contributed by atoms with van der Waals surface area (Å²) in [5.41, 5.74) is 10.3. The van der Waals surface area contributed by atoms with Crippen LogP contribution in [0.3, 0.4) is 0 Å². The fourth-order valence-electron chi connectivity index (χ4n) is 2.45. The molecule has 1 aliphatic carbocycles. The van der Waals surface area contributed by atoms with Gasteiger partial charge in [0, 0.05) is 6.04 Å². The molecule has 1 unspecified atom stereocenters. The van der Waals surface area contributed by atoms with Crippen LogP contribution in [0.25, 0.3) is 0 Å². The fraction of sp³-hybridized carbons (Fsp3) is 0.600. The van der Waals surface area contributed by atoms with Crippen LogP contribution in [0.1, 0.15) is 42.4 Å². The third-order valence-corrected chi connectivity index (χ3v) is 3.42. The first-order chi connectivity index (χ1) is 7.63. The van der Waals surface area contributed by atoms with Crippen LogP contribution >= 0.6 is 0 Å². The van der Waals surface area contributed by atoms with E-state index in [4.69, 9.17) is 5.73 Å². The van der Waals surface area contributed by atoms with Crippen LogP contribution in [0.15, 0.2) is 18.2 Å². The first-order valence-corrected chi connectivity index (χ1v) is 6.46. The predicted octanol–water partition coefficient (Wildman–Crippen LogP) is 3.36. The summed E-state index contributed by atoms with van der Waals surface area (Å²) in [6.07, 6.45) is 6.45. The summed E-state index contributed by atoms with van der Waals surface area (Å²) < 4.78 is 0. The molecular formula is C15H23N. The lowest BCUT2D eigenvalue weighted by molar-refractivity contribution is 0.551. The molecular weight excluding hydrogens is 194 g/mol. The van der Waals surface area contributed by atoms with Gasteiger partial charge in [0.05, 0.1) is 0 Å². The molecule has 0 aliphatic heterocycles. The van der Waals surface area contributed by atoms with Gasteiger partial charge < -0.3 is 5.73 Å². The molecule has 0 saturated heterocycles. The Morgan fingerprint density at radius 2 is 1.81 bits per heavy atom. The number of hydrogen-bond acceptors (Lipinski definition) is 1. The number of aryl methyl sites for hydroxylation is 2.